The van der Waals surface area contributed by atoms with Gasteiger partial charge >= 0.3 is 12.0 Å². The van der Waals surface area contributed by atoms with Gasteiger partial charge in [-0.1, -0.05) is 12.8 Å². The number of nitrogens with zero attached hydrogens (tertiary/aromatic N) is 1. The van der Waals surface area contributed by atoms with Crippen LogP contribution in [-0.2, 0) is 4.79 Å². The first kappa shape index (κ1) is 18.5. The number of carbonyl (C=O) groups excluding carboxylic acids is 1. The molecule has 1 aromatic rings. The second-order valence-corrected chi connectivity index (χ2v) is 7.44. The number of anilines is 2. The van der Waals surface area contributed by atoms with Gasteiger partial charge < -0.3 is 20.6 Å². The molecule has 1 saturated carbocycles. The first-order valence-electron chi connectivity index (χ1n) is 9.77. The van der Waals surface area contributed by atoms with Crippen molar-refractivity contribution in [2.45, 2.75) is 57.4 Å². The van der Waals surface area contributed by atoms with Crippen molar-refractivity contribution in [2.24, 2.45) is 5.92 Å². The van der Waals surface area contributed by atoms with Crippen molar-refractivity contribution in [1.29, 1.82) is 0 Å². The Labute approximate surface area is 155 Å². The van der Waals surface area contributed by atoms with E-state index in [9.17, 15) is 9.59 Å². The quantitative estimate of drug-likeness (QED) is 0.754. The molecule has 0 radical (unpaired) electrons. The van der Waals surface area contributed by atoms with E-state index in [0.29, 0.717) is 6.04 Å². The van der Waals surface area contributed by atoms with Crippen molar-refractivity contribution in [3.05, 3.63) is 24.3 Å². The van der Waals surface area contributed by atoms with Gasteiger partial charge in [0.15, 0.2) is 0 Å². The molecule has 0 bridgehead atoms. The van der Waals surface area contributed by atoms with Crippen LogP contribution in [0.2, 0.25) is 0 Å². The topological polar surface area (TPSA) is 81.7 Å². The molecule has 0 atom stereocenters. The molecular formula is C20H29N3O3. The van der Waals surface area contributed by atoms with E-state index in [1.807, 2.05) is 29.2 Å². The van der Waals surface area contributed by atoms with E-state index in [2.05, 4.69) is 10.6 Å². The molecule has 0 aromatic heterocycles. The second-order valence-electron chi connectivity index (χ2n) is 7.44. The Morgan fingerprint density at radius 1 is 0.885 bits per heavy atom. The minimum absolute atomic E-state index is 0.0143. The van der Waals surface area contributed by atoms with Gasteiger partial charge in [-0.3, -0.25) is 4.79 Å². The minimum atomic E-state index is -0.673. The van der Waals surface area contributed by atoms with Crippen LogP contribution in [0, 0.1) is 5.92 Å². The maximum absolute atomic E-state index is 12.4. The van der Waals surface area contributed by atoms with E-state index in [-0.39, 0.29) is 11.9 Å². The summed E-state index contributed by atoms with van der Waals surface area (Å²) in [5.41, 5.74) is 1.82. The lowest BCUT2D eigenvalue weighted by Crippen LogP contribution is -2.35. The maximum atomic E-state index is 12.4. The Morgan fingerprint density at radius 3 is 2.04 bits per heavy atom. The average molecular weight is 359 g/mol. The highest BCUT2D eigenvalue weighted by atomic mass is 16.4. The second kappa shape index (κ2) is 8.92. The number of aliphatic carboxylic acids is 1. The van der Waals surface area contributed by atoms with Crippen LogP contribution in [0.4, 0.5) is 16.2 Å². The van der Waals surface area contributed by atoms with Crippen molar-refractivity contribution in [1.82, 2.24) is 4.90 Å². The molecule has 2 aliphatic rings. The fourth-order valence-electron chi connectivity index (χ4n) is 3.85. The van der Waals surface area contributed by atoms with Crippen LogP contribution in [0.25, 0.3) is 0 Å². The first-order chi connectivity index (χ1) is 12.6. The predicted molar refractivity (Wildman–Crippen MR) is 103 cm³/mol. The van der Waals surface area contributed by atoms with Crippen LogP contribution >= 0.6 is 0 Å². The molecule has 142 valence electrons. The summed E-state index contributed by atoms with van der Waals surface area (Å²) >= 11 is 0. The summed E-state index contributed by atoms with van der Waals surface area (Å²) in [6.45, 7) is 1.68. The van der Waals surface area contributed by atoms with Gasteiger partial charge in [-0.05, 0) is 62.8 Å². The molecule has 6 heteroatoms. The highest BCUT2D eigenvalue weighted by Gasteiger charge is 2.25. The zero-order valence-corrected chi connectivity index (χ0v) is 15.2. The number of nitrogens with one attached hydrogen (secondary N) is 2. The zero-order valence-electron chi connectivity index (χ0n) is 15.2. The fraction of sp³-hybridized carbons (Fsp3) is 0.600. The SMILES string of the molecule is O=C(O)C1CCC(Nc2ccc(NC(=O)N3CCCCCC3)cc2)CC1. The molecule has 3 N–H and O–H groups in total. The number of amides is 2. The van der Waals surface area contributed by atoms with Gasteiger partial charge in [0.1, 0.15) is 0 Å². The molecule has 1 heterocycles. The molecule has 2 amide bonds. The van der Waals surface area contributed by atoms with E-state index < -0.39 is 5.97 Å². The number of carboxylic acids is 1. The highest BCUT2D eigenvalue weighted by Crippen LogP contribution is 2.27. The molecule has 3 rings (SSSR count). The molecular weight excluding hydrogens is 330 g/mol. The number of urea groups is 1. The number of rotatable bonds is 4. The van der Waals surface area contributed by atoms with Crippen LogP contribution in [0.3, 0.4) is 0 Å². The van der Waals surface area contributed by atoms with E-state index in [4.69, 9.17) is 5.11 Å². The Hall–Kier alpha value is -2.24. The first-order valence-corrected chi connectivity index (χ1v) is 9.77. The molecule has 1 aromatic carbocycles. The number of carbonyl (C=O) groups is 2. The van der Waals surface area contributed by atoms with Gasteiger partial charge in [-0.15, -0.1) is 0 Å². The maximum Gasteiger partial charge on any atom is 0.321 e. The average Bonchev–Trinajstić information content (AvgIpc) is 2.93. The highest BCUT2D eigenvalue weighted by molar-refractivity contribution is 5.89. The van der Waals surface area contributed by atoms with Crippen LogP contribution < -0.4 is 10.6 Å². The molecule has 2 fully saturated rings. The summed E-state index contributed by atoms with van der Waals surface area (Å²) < 4.78 is 0. The summed E-state index contributed by atoms with van der Waals surface area (Å²) in [7, 11) is 0. The Bertz CT molecular complexity index is 601. The minimum Gasteiger partial charge on any atom is -0.481 e. The van der Waals surface area contributed by atoms with E-state index in [1.54, 1.807) is 0 Å². The summed E-state index contributed by atoms with van der Waals surface area (Å²) in [5.74, 6) is -0.863. The lowest BCUT2D eigenvalue weighted by molar-refractivity contribution is -0.142. The van der Waals surface area contributed by atoms with Gasteiger partial charge in [0.2, 0.25) is 0 Å². The number of carboxylic acid groups (broad SMARTS) is 1. The standard InChI is InChI=1S/C20H29N3O3/c24-19(25)15-5-7-16(8-6-15)21-17-9-11-18(12-10-17)22-20(26)23-13-3-1-2-4-14-23/h9-12,15-16,21H,1-8,13-14H2,(H,22,26)(H,24,25). The van der Waals surface area contributed by atoms with Gasteiger partial charge in [-0.2, -0.15) is 0 Å². The van der Waals surface area contributed by atoms with E-state index >= 15 is 0 Å². The molecule has 0 spiro atoms. The zero-order chi connectivity index (χ0) is 18.4. The van der Waals surface area contributed by atoms with E-state index in [1.165, 1.54) is 12.8 Å². The van der Waals surface area contributed by atoms with Gasteiger partial charge in [0.05, 0.1) is 5.92 Å². The molecule has 26 heavy (non-hydrogen) atoms. The smallest absolute Gasteiger partial charge is 0.321 e. The summed E-state index contributed by atoms with van der Waals surface area (Å²) in [4.78, 5) is 25.3. The number of benzene rings is 1. The van der Waals surface area contributed by atoms with Crippen LogP contribution in [0.1, 0.15) is 51.4 Å². The Morgan fingerprint density at radius 2 is 1.46 bits per heavy atom. The summed E-state index contributed by atoms with van der Waals surface area (Å²) in [6, 6.07) is 8.09. The van der Waals surface area contributed by atoms with Crippen LogP contribution in [-0.4, -0.2) is 41.1 Å². The van der Waals surface area contributed by atoms with Crippen molar-refractivity contribution in [2.75, 3.05) is 23.7 Å². The lowest BCUT2D eigenvalue weighted by atomic mass is 9.86. The van der Waals surface area contributed by atoms with Crippen LogP contribution in [0.5, 0.6) is 0 Å². The van der Waals surface area contributed by atoms with Crippen molar-refractivity contribution < 1.29 is 14.7 Å². The van der Waals surface area contributed by atoms with Crippen molar-refractivity contribution >= 4 is 23.4 Å². The number of likely N-dealkylation sites (tertiary alicyclic amines) is 1. The normalized spacial score (nSPS) is 23.8. The molecule has 0 unspecified atom stereocenters. The Balaban J connectivity index is 1.47. The van der Waals surface area contributed by atoms with Crippen LogP contribution in [0.15, 0.2) is 24.3 Å². The largest absolute Gasteiger partial charge is 0.481 e. The summed E-state index contributed by atoms with van der Waals surface area (Å²) in [5, 5.41) is 15.5. The third-order valence-electron chi connectivity index (χ3n) is 5.48. The van der Waals surface area contributed by atoms with Gasteiger partial charge in [-0.25, -0.2) is 4.79 Å². The molecule has 6 nitrogen and oxygen atoms in total. The van der Waals surface area contributed by atoms with Crippen molar-refractivity contribution in [3.8, 4) is 0 Å². The monoisotopic (exact) mass is 359 g/mol. The van der Waals surface area contributed by atoms with E-state index in [0.717, 1.165) is 63.0 Å². The summed E-state index contributed by atoms with van der Waals surface area (Å²) in [6.07, 6.45) is 7.81. The Kier molecular flexibility index (Phi) is 6.36. The van der Waals surface area contributed by atoms with Gasteiger partial charge in [0.25, 0.3) is 0 Å². The molecule has 1 aliphatic heterocycles. The van der Waals surface area contributed by atoms with Crippen molar-refractivity contribution in [3.63, 3.8) is 0 Å². The fourth-order valence-corrected chi connectivity index (χ4v) is 3.85. The number of hydrogen-bond donors (Lipinski definition) is 3. The molecule has 1 saturated heterocycles. The molecule has 1 aliphatic carbocycles. The third kappa shape index (κ3) is 5.13. The third-order valence-corrected chi connectivity index (χ3v) is 5.48. The van der Waals surface area contributed by atoms with Gasteiger partial charge in [0, 0.05) is 30.5 Å². The predicted octanol–water partition coefficient (Wildman–Crippen LogP) is 4.15. The lowest BCUT2D eigenvalue weighted by Gasteiger charge is -2.27. The number of hydrogen-bond acceptors (Lipinski definition) is 3.